The van der Waals surface area contributed by atoms with Crippen molar-refractivity contribution in [2.24, 2.45) is 0 Å². The fourth-order valence-electron chi connectivity index (χ4n) is 4.62. The normalized spacial score (nSPS) is 11.7. The second-order valence-corrected chi connectivity index (χ2v) is 7.93. The van der Waals surface area contributed by atoms with Crippen LogP contribution >= 0.6 is 0 Å². The average Bonchev–Trinajstić information content (AvgIpc) is 2.80. The van der Waals surface area contributed by atoms with Crippen molar-refractivity contribution in [1.82, 2.24) is 9.97 Å². The van der Waals surface area contributed by atoms with Gasteiger partial charge in [-0.05, 0) is 56.2 Å². The summed E-state index contributed by atoms with van der Waals surface area (Å²) >= 11 is 0. The average molecular weight is 412 g/mol. The Morgan fingerprint density at radius 1 is 0.742 bits per heavy atom. The highest BCUT2D eigenvalue weighted by molar-refractivity contribution is 6.13. The van der Waals surface area contributed by atoms with Gasteiger partial charge in [-0.15, -0.1) is 0 Å². The van der Waals surface area contributed by atoms with Crippen LogP contribution in [0.5, 0.6) is 0 Å². The summed E-state index contributed by atoms with van der Waals surface area (Å²) in [5, 5.41) is 2.55. The van der Waals surface area contributed by atoms with Crippen molar-refractivity contribution in [3.63, 3.8) is 0 Å². The molecular weight excluding hydrogens is 386 g/mol. The number of hydrogen-bond donors (Lipinski definition) is 2. The number of aryl methyl sites for hydroxylation is 1. The second kappa shape index (κ2) is 7.27. The van der Waals surface area contributed by atoms with Crippen molar-refractivity contribution in [3.8, 4) is 0 Å². The minimum absolute atomic E-state index is 0.00291. The molecule has 0 saturated heterocycles. The van der Waals surface area contributed by atoms with Crippen molar-refractivity contribution in [3.05, 3.63) is 74.5 Å². The van der Waals surface area contributed by atoms with Crippen LogP contribution < -0.4 is 15.8 Å². The molecule has 0 bridgehead atoms. The van der Waals surface area contributed by atoms with Crippen molar-refractivity contribution in [2.45, 2.75) is 27.2 Å². The number of nitrogens with one attached hydrogen (secondary N) is 2. The zero-order chi connectivity index (χ0) is 21.7. The third-order valence-electron chi connectivity index (χ3n) is 6.29. The molecule has 0 aliphatic carbocycles. The summed E-state index contributed by atoms with van der Waals surface area (Å²) in [5.41, 5.74) is 4.87. The van der Waals surface area contributed by atoms with Crippen LogP contribution in [-0.4, -0.2) is 23.1 Å². The van der Waals surface area contributed by atoms with Crippen molar-refractivity contribution < 1.29 is 0 Å². The van der Waals surface area contributed by atoms with Gasteiger partial charge in [0.1, 0.15) is 0 Å². The first-order valence-corrected chi connectivity index (χ1v) is 10.9. The van der Waals surface area contributed by atoms with Gasteiger partial charge in [0.05, 0.1) is 27.5 Å². The highest BCUT2D eigenvalue weighted by Crippen LogP contribution is 2.33. The van der Waals surface area contributed by atoms with E-state index < -0.39 is 0 Å². The van der Waals surface area contributed by atoms with E-state index in [1.165, 1.54) is 0 Å². The van der Waals surface area contributed by atoms with Crippen molar-refractivity contribution in [1.29, 1.82) is 0 Å². The summed E-state index contributed by atoms with van der Waals surface area (Å²) in [4.78, 5) is 36.2. The Hall–Kier alpha value is -3.60. The van der Waals surface area contributed by atoms with Gasteiger partial charge < -0.3 is 14.9 Å². The molecule has 5 aromatic rings. The smallest absolute Gasteiger partial charge is 0.199 e. The maximum atomic E-state index is 13.8. The summed E-state index contributed by atoms with van der Waals surface area (Å²) < 4.78 is 0. The number of anilines is 1. The van der Waals surface area contributed by atoms with Gasteiger partial charge in [-0.3, -0.25) is 9.59 Å². The first kappa shape index (κ1) is 19.4. The third-order valence-corrected chi connectivity index (χ3v) is 6.29. The number of benzene rings is 3. The topological polar surface area (TPSA) is 69.0 Å². The van der Waals surface area contributed by atoms with E-state index >= 15 is 0 Å². The predicted molar refractivity (Wildman–Crippen MR) is 131 cm³/mol. The molecule has 5 rings (SSSR count). The lowest BCUT2D eigenvalue weighted by molar-refractivity contribution is 0.873. The number of nitrogens with zero attached hydrogens (tertiary/aromatic N) is 1. The molecule has 2 N–H and O–H groups in total. The molecule has 3 aromatic carbocycles. The van der Waals surface area contributed by atoms with E-state index in [4.69, 9.17) is 0 Å². The molecule has 0 fully saturated rings. The Bertz CT molecular complexity index is 1590. The number of aromatic amines is 2. The van der Waals surface area contributed by atoms with E-state index in [1.54, 1.807) is 0 Å². The molecular formula is C26H25N3O2. The molecule has 0 spiro atoms. The molecule has 0 aliphatic heterocycles. The van der Waals surface area contributed by atoms with Gasteiger partial charge in [0, 0.05) is 34.9 Å². The summed E-state index contributed by atoms with van der Waals surface area (Å²) in [6.07, 6.45) is 0.868. The Labute approximate surface area is 179 Å². The van der Waals surface area contributed by atoms with Crippen LogP contribution in [0.15, 0.2) is 58.1 Å². The number of pyridine rings is 2. The van der Waals surface area contributed by atoms with Crippen LogP contribution in [0.1, 0.15) is 26.3 Å². The molecule has 0 aliphatic rings. The van der Waals surface area contributed by atoms with Crippen LogP contribution in [0, 0.1) is 0 Å². The summed E-state index contributed by atoms with van der Waals surface area (Å²) in [7, 11) is 0. The van der Waals surface area contributed by atoms with Gasteiger partial charge in [-0.2, -0.15) is 0 Å². The van der Waals surface area contributed by atoms with Crippen LogP contribution in [0.3, 0.4) is 0 Å². The molecule has 0 radical (unpaired) electrons. The molecule has 0 amide bonds. The molecule has 0 saturated carbocycles. The molecule has 156 valence electrons. The number of aromatic nitrogens is 2. The Kier molecular flexibility index (Phi) is 4.54. The number of fused-ring (bicyclic) bond motifs is 4. The second-order valence-electron chi connectivity index (χ2n) is 7.93. The van der Waals surface area contributed by atoms with E-state index in [1.807, 2.05) is 48.5 Å². The number of para-hydroxylation sites is 1. The highest BCUT2D eigenvalue weighted by Gasteiger charge is 2.20. The van der Waals surface area contributed by atoms with Crippen LogP contribution in [0.2, 0.25) is 0 Å². The van der Waals surface area contributed by atoms with Gasteiger partial charge in [-0.25, -0.2) is 0 Å². The monoisotopic (exact) mass is 411 g/mol. The number of hydrogen-bond acceptors (Lipinski definition) is 3. The molecule has 5 heteroatoms. The van der Waals surface area contributed by atoms with Crippen molar-refractivity contribution >= 4 is 49.3 Å². The minimum Gasteiger partial charge on any atom is -0.370 e. The maximum absolute atomic E-state index is 13.8. The van der Waals surface area contributed by atoms with Gasteiger partial charge in [0.15, 0.2) is 10.9 Å². The van der Waals surface area contributed by atoms with Crippen molar-refractivity contribution in [2.75, 3.05) is 18.0 Å². The lowest BCUT2D eigenvalue weighted by atomic mass is 10.0. The van der Waals surface area contributed by atoms with E-state index in [2.05, 4.69) is 35.6 Å². The van der Waals surface area contributed by atoms with Gasteiger partial charge in [-0.1, -0.05) is 25.1 Å². The quantitative estimate of drug-likeness (QED) is 0.405. The lowest BCUT2D eigenvalue weighted by Crippen LogP contribution is -2.25. The SMILES string of the molecule is CCc1ccc2[nH]c3cc4c(=O)c5ccccc5[nH]c4c(N(CC)CC)c3c(=O)c2c1. The maximum Gasteiger partial charge on any atom is 0.199 e. The first-order valence-electron chi connectivity index (χ1n) is 10.9. The molecule has 0 atom stereocenters. The zero-order valence-corrected chi connectivity index (χ0v) is 18.0. The van der Waals surface area contributed by atoms with Gasteiger partial charge in [0.2, 0.25) is 0 Å². The summed E-state index contributed by atoms with van der Waals surface area (Å²) in [6, 6.07) is 15.3. The Balaban J connectivity index is 2.07. The zero-order valence-electron chi connectivity index (χ0n) is 18.0. The Morgan fingerprint density at radius 2 is 1.48 bits per heavy atom. The molecule has 0 unspecified atom stereocenters. The fraction of sp³-hybridized carbons (Fsp3) is 0.231. The van der Waals surface area contributed by atoms with Crippen LogP contribution in [0.4, 0.5) is 5.69 Å². The standard InChI is InChI=1S/C26H25N3O2/c1-4-15-11-12-20-17(13-15)26(31)22-21(27-20)14-18-23(24(22)29(5-2)6-3)28-19-10-8-7-9-16(19)25(18)30/h7-14H,4-6H2,1-3H3,(H,27,31)(H,28,30). The predicted octanol–water partition coefficient (Wildman–Crippen LogP) is 5.08. The number of H-pyrrole nitrogens is 2. The van der Waals surface area contributed by atoms with E-state index in [9.17, 15) is 9.59 Å². The Morgan fingerprint density at radius 3 is 2.23 bits per heavy atom. The summed E-state index contributed by atoms with van der Waals surface area (Å²) in [6.45, 7) is 7.68. The van der Waals surface area contributed by atoms with Gasteiger partial charge >= 0.3 is 0 Å². The first-order chi connectivity index (χ1) is 15.1. The highest BCUT2D eigenvalue weighted by atomic mass is 16.1. The molecule has 2 heterocycles. The van der Waals surface area contributed by atoms with E-state index in [0.717, 1.165) is 47.3 Å². The van der Waals surface area contributed by atoms with E-state index in [0.29, 0.717) is 27.1 Å². The molecule has 2 aromatic heterocycles. The van der Waals surface area contributed by atoms with Crippen LogP contribution in [-0.2, 0) is 6.42 Å². The third kappa shape index (κ3) is 2.84. The van der Waals surface area contributed by atoms with Gasteiger partial charge in [0.25, 0.3) is 0 Å². The number of rotatable bonds is 4. The summed E-state index contributed by atoms with van der Waals surface area (Å²) in [5.74, 6) is 0. The largest absolute Gasteiger partial charge is 0.370 e. The molecule has 5 nitrogen and oxygen atoms in total. The fourth-order valence-corrected chi connectivity index (χ4v) is 4.62. The molecule has 31 heavy (non-hydrogen) atoms. The van der Waals surface area contributed by atoms with E-state index in [-0.39, 0.29) is 10.9 Å². The minimum atomic E-state index is -0.0260. The van der Waals surface area contributed by atoms with Crippen LogP contribution in [0.25, 0.3) is 43.6 Å². The lowest BCUT2D eigenvalue weighted by Gasteiger charge is -2.24.